The number of nitrogens with zero attached hydrogens (tertiary/aromatic N) is 6. The molecule has 1 aliphatic heterocycles. The maximum absolute atomic E-state index is 13.2. The summed E-state index contributed by atoms with van der Waals surface area (Å²) >= 11 is 0. The van der Waals surface area contributed by atoms with Gasteiger partial charge in [0.1, 0.15) is 0 Å². The molecule has 8 nitrogen and oxygen atoms in total. The number of rotatable bonds is 5. The first-order chi connectivity index (χ1) is 13.0. The van der Waals surface area contributed by atoms with Crippen LogP contribution in [0.15, 0.2) is 4.79 Å². The zero-order valence-corrected chi connectivity index (χ0v) is 16.7. The van der Waals surface area contributed by atoms with Gasteiger partial charge in [-0.15, -0.1) is 5.92 Å². The standard InChI is InChI=1S/C19H29N7O/c1-5-8-12-26-15-16(22-19(26)25-11-9-10-14(20)13-25)21-18(23(4)17(15)27)24(6-2)7-3/h14H,6-7,9-13,20H2,1-4H3. The van der Waals surface area contributed by atoms with E-state index >= 15 is 0 Å². The lowest BCUT2D eigenvalue weighted by Crippen LogP contribution is -2.44. The highest BCUT2D eigenvalue weighted by Gasteiger charge is 2.25. The predicted octanol–water partition coefficient (Wildman–Crippen LogP) is 0.927. The Balaban J connectivity index is 2.21. The van der Waals surface area contributed by atoms with Gasteiger partial charge in [-0.1, -0.05) is 5.92 Å². The summed E-state index contributed by atoms with van der Waals surface area (Å²) in [6, 6.07) is 0.117. The molecule has 0 aliphatic carbocycles. The van der Waals surface area contributed by atoms with Crippen LogP contribution in [0.2, 0.25) is 0 Å². The molecule has 1 saturated heterocycles. The molecule has 8 heteroatoms. The second-order valence-electron chi connectivity index (χ2n) is 6.89. The van der Waals surface area contributed by atoms with E-state index in [4.69, 9.17) is 15.7 Å². The van der Waals surface area contributed by atoms with Crippen LogP contribution in [-0.2, 0) is 13.6 Å². The highest BCUT2D eigenvalue weighted by molar-refractivity contribution is 5.76. The number of aromatic nitrogens is 4. The van der Waals surface area contributed by atoms with Gasteiger partial charge in [0.2, 0.25) is 11.9 Å². The summed E-state index contributed by atoms with van der Waals surface area (Å²) in [4.78, 5) is 26.9. The third kappa shape index (κ3) is 3.52. The number of hydrogen-bond donors (Lipinski definition) is 1. The van der Waals surface area contributed by atoms with Gasteiger partial charge in [0, 0.05) is 39.3 Å². The highest BCUT2D eigenvalue weighted by Crippen LogP contribution is 2.24. The fraction of sp³-hybridized carbons (Fsp3) is 0.632. The summed E-state index contributed by atoms with van der Waals surface area (Å²) in [5.41, 5.74) is 7.05. The Labute approximate surface area is 160 Å². The van der Waals surface area contributed by atoms with Gasteiger partial charge in [-0.2, -0.15) is 9.97 Å². The fourth-order valence-electron chi connectivity index (χ4n) is 3.67. The van der Waals surface area contributed by atoms with Gasteiger partial charge in [-0.05, 0) is 33.6 Å². The average molecular weight is 371 g/mol. The van der Waals surface area contributed by atoms with Crippen molar-refractivity contribution >= 4 is 23.1 Å². The molecule has 146 valence electrons. The van der Waals surface area contributed by atoms with Gasteiger partial charge >= 0.3 is 0 Å². The lowest BCUT2D eigenvalue weighted by atomic mass is 10.1. The fourth-order valence-corrected chi connectivity index (χ4v) is 3.67. The van der Waals surface area contributed by atoms with Crippen molar-refractivity contribution in [1.29, 1.82) is 0 Å². The molecule has 2 aromatic rings. The van der Waals surface area contributed by atoms with Gasteiger partial charge in [0.25, 0.3) is 5.56 Å². The number of piperidine rings is 1. The molecule has 3 heterocycles. The molecule has 1 fully saturated rings. The predicted molar refractivity (Wildman–Crippen MR) is 109 cm³/mol. The first-order valence-corrected chi connectivity index (χ1v) is 9.64. The van der Waals surface area contributed by atoms with E-state index in [0.29, 0.717) is 23.7 Å². The summed E-state index contributed by atoms with van der Waals surface area (Å²) in [5, 5.41) is 0. The number of anilines is 2. The molecule has 1 unspecified atom stereocenters. The summed E-state index contributed by atoms with van der Waals surface area (Å²) in [5.74, 6) is 7.36. The second-order valence-corrected chi connectivity index (χ2v) is 6.89. The quantitative estimate of drug-likeness (QED) is 0.787. The minimum Gasteiger partial charge on any atom is -0.343 e. The number of imidazole rings is 1. The molecule has 27 heavy (non-hydrogen) atoms. The van der Waals surface area contributed by atoms with Crippen LogP contribution in [0.4, 0.5) is 11.9 Å². The summed E-state index contributed by atoms with van der Waals surface area (Å²) in [6.07, 6.45) is 2.03. The van der Waals surface area contributed by atoms with Gasteiger partial charge in [-0.25, -0.2) is 0 Å². The zero-order valence-electron chi connectivity index (χ0n) is 16.7. The molecule has 0 aromatic carbocycles. The van der Waals surface area contributed by atoms with E-state index in [1.807, 2.05) is 4.57 Å². The average Bonchev–Trinajstić information content (AvgIpc) is 3.03. The smallest absolute Gasteiger partial charge is 0.281 e. The molecular weight excluding hydrogens is 342 g/mol. The minimum atomic E-state index is -0.0974. The van der Waals surface area contributed by atoms with Crippen LogP contribution in [0.5, 0.6) is 0 Å². The Kier molecular flexibility index (Phi) is 5.71. The summed E-state index contributed by atoms with van der Waals surface area (Å²) < 4.78 is 3.50. The van der Waals surface area contributed by atoms with E-state index in [1.165, 1.54) is 0 Å². The summed E-state index contributed by atoms with van der Waals surface area (Å²) in [7, 11) is 1.77. The van der Waals surface area contributed by atoms with Crippen LogP contribution in [0.3, 0.4) is 0 Å². The SMILES string of the molecule is CC#CCn1c(N2CCCC(N)C2)nc2nc(N(CC)CC)n(C)c(=O)c21. The van der Waals surface area contributed by atoms with E-state index in [0.717, 1.165) is 45.0 Å². The molecule has 0 radical (unpaired) electrons. The normalized spacial score (nSPS) is 17.1. The first kappa shape index (κ1) is 19.2. The maximum Gasteiger partial charge on any atom is 0.281 e. The lowest BCUT2D eigenvalue weighted by Gasteiger charge is -2.31. The molecule has 0 saturated carbocycles. The van der Waals surface area contributed by atoms with Crippen LogP contribution in [0, 0.1) is 11.8 Å². The lowest BCUT2D eigenvalue weighted by molar-refractivity contribution is 0.496. The zero-order chi connectivity index (χ0) is 19.6. The largest absolute Gasteiger partial charge is 0.343 e. The Morgan fingerprint density at radius 1 is 1.30 bits per heavy atom. The summed E-state index contributed by atoms with van der Waals surface area (Å²) in [6.45, 7) is 9.47. The second kappa shape index (κ2) is 8.01. The van der Waals surface area contributed by atoms with Crippen molar-refractivity contribution in [2.75, 3.05) is 36.0 Å². The van der Waals surface area contributed by atoms with Crippen molar-refractivity contribution in [1.82, 2.24) is 19.1 Å². The van der Waals surface area contributed by atoms with E-state index in [9.17, 15) is 4.79 Å². The third-order valence-electron chi connectivity index (χ3n) is 5.14. The Bertz CT molecular complexity index is 929. The van der Waals surface area contributed by atoms with Crippen LogP contribution in [0.25, 0.3) is 11.2 Å². The molecule has 2 aromatic heterocycles. The number of fused-ring (bicyclic) bond motifs is 1. The Morgan fingerprint density at radius 2 is 2.04 bits per heavy atom. The van der Waals surface area contributed by atoms with Crippen molar-refractivity contribution in [3.63, 3.8) is 0 Å². The molecule has 3 rings (SSSR count). The maximum atomic E-state index is 13.2. The molecule has 0 amide bonds. The van der Waals surface area contributed by atoms with Gasteiger partial charge in [0.05, 0.1) is 6.54 Å². The van der Waals surface area contributed by atoms with E-state index in [1.54, 1.807) is 18.5 Å². The molecular formula is C19H29N7O. The van der Waals surface area contributed by atoms with E-state index < -0.39 is 0 Å². The molecule has 0 bridgehead atoms. The highest BCUT2D eigenvalue weighted by atomic mass is 16.1. The minimum absolute atomic E-state index is 0.0974. The molecule has 1 aliphatic rings. The van der Waals surface area contributed by atoms with Crippen molar-refractivity contribution in [2.24, 2.45) is 12.8 Å². The van der Waals surface area contributed by atoms with Gasteiger partial charge < -0.3 is 15.5 Å². The van der Waals surface area contributed by atoms with Gasteiger partial charge in [-0.3, -0.25) is 13.9 Å². The van der Waals surface area contributed by atoms with Crippen molar-refractivity contribution in [3.8, 4) is 11.8 Å². The first-order valence-electron chi connectivity index (χ1n) is 9.64. The number of hydrogen-bond acceptors (Lipinski definition) is 6. The van der Waals surface area contributed by atoms with Crippen molar-refractivity contribution in [2.45, 2.75) is 46.2 Å². The topological polar surface area (TPSA) is 85.2 Å². The Morgan fingerprint density at radius 3 is 2.67 bits per heavy atom. The van der Waals surface area contributed by atoms with Crippen LogP contribution in [-0.4, -0.2) is 51.3 Å². The molecule has 2 N–H and O–H groups in total. The van der Waals surface area contributed by atoms with Crippen LogP contribution >= 0.6 is 0 Å². The Hall–Kier alpha value is -2.53. The number of nitrogens with two attached hydrogens (primary N) is 1. The molecule has 1 atom stereocenters. The molecule has 0 spiro atoms. The van der Waals surface area contributed by atoms with E-state index in [-0.39, 0.29) is 11.6 Å². The van der Waals surface area contributed by atoms with E-state index in [2.05, 4.69) is 35.5 Å². The van der Waals surface area contributed by atoms with Crippen LogP contribution < -0.4 is 21.1 Å². The van der Waals surface area contributed by atoms with Crippen molar-refractivity contribution < 1.29 is 0 Å². The monoisotopic (exact) mass is 371 g/mol. The van der Waals surface area contributed by atoms with Crippen molar-refractivity contribution in [3.05, 3.63) is 10.4 Å². The van der Waals surface area contributed by atoms with Crippen LogP contribution in [0.1, 0.15) is 33.6 Å². The third-order valence-corrected chi connectivity index (χ3v) is 5.14. The van der Waals surface area contributed by atoms with Gasteiger partial charge in [0.15, 0.2) is 11.2 Å².